The second-order valence-corrected chi connectivity index (χ2v) is 8.53. The van der Waals surface area contributed by atoms with E-state index in [1.165, 1.54) is 12.4 Å². The van der Waals surface area contributed by atoms with E-state index in [0.29, 0.717) is 17.6 Å². The highest BCUT2D eigenvalue weighted by atomic mass is 16.5. The Labute approximate surface area is 209 Å². The van der Waals surface area contributed by atoms with Crippen LogP contribution >= 0.6 is 0 Å². The highest BCUT2D eigenvalue weighted by molar-refractivity contribution is 5.76. The maximum absolute atomic E-state index is 8.94. The molecule has 0 saturated carbocycles. The first-order chi connectivity index (χ1) is 17.8. The first-order valence-electron chi connectivity index (χ1n) is 11.9. The SMILES string of the molecule is N#Cc1cnc(Nc2cc(NCC3CCNCC3)c(-c3ccc(Oc4ccccc4)cc3)nn2)cn1. The van der Waals surface area contributed by atoms with Crippen LogP contribution in [0.25, 0.3) is 11.3 Å². The molecule has 0 aliphatic carbocycles. The van der Waals surface area contributed by atoms with Crippen LogP contribution in [-0.4, -0.2) is 39.8 Å². The van der Waals surface area contributed by atoms with Crippen molar-refractivity contribution in [1.29, 1.82) is 5.26 Å². The summed E-state index contributed by atoms with van der Waals surface area (Å²) < 4.78 is 5.93. The highest BCUT2D eigenvalue weighted by Crippen LogP contribution is 2.31. The molecule has 0 bridgehead atoms. The normalized spacial score (nSPS) is 13.5. The monoisotopic (exact) mass is 478 g/mol. The van der Waals surface area contributed by atoms with Crippen LogP contribution in [0.3, 0.4) is 0 Å². The molecule has 1 aliphatic rings. The first kappa shape index (κ1) is 23.2. The number of hydrogen-bond donors (Lipinski definition) is 3. The number of ether oxygens (including phenoxy) is 1. The number of hydrogen-bond acceptors (Lipinski definition) is 9. The van der Waals surface area contributed by atoms with Gasteiger partial charge in [0.2, 0.25) is 0 Å². The second kappa shape index (κ2) is 11.3. The molecule has 0 atom stereocenters. The van der Waals surface area contributed by atoms with Gasteiger partial charge in [-0.05, 0) is 68.2 Å². The van der Waals surface area contributed by atoms with Crippen molar-refractivity contribution in [2.45, 2.75) is 12.8 Å². The summed E-state index contributed by atoms with van der Waals surface area (Å²) >= 11 is 0. The Bertz CT molecular complexity index is 1310. The molecule has 0 amide bonds. The Kier molecular flexibility index (Phi) is 7.25. The van der Waals surface area contributed by atoms with E-state index < -0.39 is 0 Å². The summed E-state index contributed by atoms with van der Waals surface area (Å²) in [6.45, 7) is 2.94. The van der Waals surface area contributed by atoms with Crippen molar-refractivity contribution in [2.75, 3.05) is 30.3 Å². The predicted octanol–water partition coefficient (Wildman–Crippen LogP) is 4.75. The highest BCUT2D eigenvalue weighted by Gasteiger charge is 2.16. The number of para-hydroxylation sites is 1. The minimum atomic E-state index is 0.256. The maximum atomic E-state index is 8.94. The van der Waals surface area contributed by atoms with Gasteiger partial charge in [-0.3, -0.25) is 0 Å². The quantitative estimate of drug-likeness (QED) is 0.329. The molecule has 2 aromatic carbocycles. The number of nitrogens with one attached hydrogen (secondary N) is 3. The Morgan fingerprint density at radius 3 is 2.42 bits per heavy atom. The minimum Gasteiger partial charge on any atom is -0.457 e. The number of anilines is 3. The van der Waals surface area contributed by atoms with E-state index in [1.54, 1.807) is 0 Å². The predicted molar refractivity (Wildman–Crippen MR) is 138 cm³/mol. The second-order valence-electron chi connectivity index (χ2n) is 8.53. The third kappa shape index (κ3) is 5.92. The van der Waals surface area contributed by atoms with Crippen LogP contribution in [0.15, 0.2) is 73.1 Å². The lowest BCUT2D eigenvalue weighted by Gasteiger charge is -2.24. The molecule has 4 aromatic rings. The van der Waals surface area contributed by atoms with Gasteiger partial charge in [0.05, 0.1) is 18.1 Å². The summed E-state index contributed by atoms with van der Waals surface area (Å²) in [5.74, 6) is 3.16. The molecule has 5 rings (SSSR count). The lowest BCUT2D eigenvalue weighted by atomic mass is 9.98. The first-order valence-corrected chi connectivity index (χ1v) is 11.9. The van der Waals surface area contributed by atoms with Crippen molar-refractivity contribution >= 4 is 17.3 Å². The van der Waals surface area contributed by atoms with Crippen LogP contribution in [-0.2, 0) is 0 Å². The standard InChI is InChI=1S/C27H26N8O/c28-15-21-17-32-26(18-30-21)33-25-14-24(31-16-19-10-12-29-13-11-19)27(35-34-25)20-6-8-23(9-7-20)36-22-4-2-1-3-5-22/h1-9,14,17-19,29H,10-13,16H2,(H2,31,32,33,34). The Morgan fingerprint density at radius 1 is 0.917 bits per heavy atom. The fraction of sp³-hybridized carbons (Fsp3) is 0.222. The van der Waals surface area contributed by atoms with Crippen molar-refractivity contribution in [3.8, 4) is 28.8 Å². The smallest absolute Gasteiger partial charge is 0.158 e. The van der Waals surface area contributed by atoms with E-state index in [-0.39, 0.29) is 5.69 Å². The number of rotatable bonds is 8. The van der Waals surface area contributed by atoms with Crippen molar-refractivity contribution in [1.82, 2.24) is 25.5 Å². The van der Waals surface area contributed by atoms with E-state index in [0.717, 1.165) is 60.9 Å². The van der Waals surface area contributed by atoms with Gasteiger partial charge in [-0.1, -0.05) is 18.2 Å². The molecule has 3 N–H and O–H groups in total. The average Bonchev–Trinajstić information content (AvgIpc) is 2.94. The van der Waals surface area contributed by atoms with Gasteiger partial charge in [0.25, 0.3) is 0 Å². The molecule has 36 heavy (non-hydrogen) atoms. The average molecular weight is 479 g/mol. The Balaban J connectivity index is 1.37. The van der Waals surface area contributed by atoms with Gasteiger partial charge in [0.1, 0.15) is 29.1 Å². The van der Waals surface area contributed by atoms with Crippen LogP contribution in [0.4, 0.5) is 17.3 Å². The van der Waals surface area contributed by atoms with Crippen LogP contribution in [0.5, 0.6) is 11.5 Å². The van der Waals surface area contributed by atoms with E-state index >= 15 is 0 Å². The lowest BCUT2D eigenvalue weighted by molar-refractivity contribution is 0.390. The summed E-state index contributed by atoms with van der Waals surface area (Å²) in [4.78, 5) is 8.26. The van der Waals surface area contributed by atoms with E-state index in [4.69, 9.17) is 10.00 Å². The summed E-state index contributed by atoms with van der Waals surface area (Å²) in [5, 5.41) is 28.0. The van der Waals surface area contributed by atoms with E-state index in [9.17, 15) is 0 Å². The number of nitrogens with zero attached hydrogens (tertiary/aromatic N) is 5. The van der Waals surface area contributed by atoms with Crippen LogP contribution in [0, 0.1) is 17.2 Å². The molecule has 180 valence electrons. The Morgan fingerprint density at radius 2 is 1.69 bits per heavy atom. The number of nitriles is 1. The minimum absolute atomic E-state index is 0.256. The molecule has 1 aliphatic heterocycles. The lowest BCUT2D eigenvalue weighted by Crippen LogP contribution is -2.31. The largest absolute Gasteiger partial charge is 0.457 e. The van der Waals surface area contributed by atoms with Crippen LogP contribution in [0.2, 0.25) is 0 Å². The van der Waals surface area contributed by atoms with Gasteiger partial charge in [-0.2, -0.15) is 5.26 Å². The van der Waals surface area contributed by atoms with Gasteiger partial charge in [-0.25, -0.2) is 9.97 Å². The maximum Gasteiger partial charge on any atom is 0.158 e. The van der Waals surface area contributed by atoms with Gasteiger partial charge in [0, 0.05) is 18.2 Å². The molecule has 9 heteroatoms. The number of piperidine rings is 1. The molecule has 0 unspecified atom stereocenters. The molecule has 1 fully saturated rings. The fourth-order valence-corrected chi connectivity index (χ4v) is 4.03. The zero-order chi connectivity index (χ0) is 24.6. The molecule has 3 heterocycles. The zero-order valence-electron chi connectivity index (χ0n) is 19.7. The van der Waals surface area contributed by atoms with Gasteiger partial charge in [-0.15, -0.1) is 10.2 Å². The van der Waals surface area contributed by atoms with Gasteiger partial charge in [0.15, 0.2) is 11.5 Å². The van der Waals surface area contributed by atoms with Crippen LogP contribution in [0.1, 0.15) is 18.5 Å². The van der Waals surface area contributed by atoms with Crippen molar-refractivity contribution in [3.05, 3.63) is 78.8 Å². The van der Waals surface area contributed by atoms with Gasteiger partial charge < -0.3 is 20.7 Å². The summed E-state index contributed by atoms with van der Waals surface area (Å²) in [5.41, 5.74) is 2.82. The van der Waals surface area contributed by atoms with Crippen molar-refractivity contribution in [2.24, 2.45) is 5.92 Å². The number of benzene rings is 2. The topological polar surface area (TPSA) is 121 Å². The molecule has 0 radical (unpaired) electrons. The summed E-state index contributed by atoms with van der Waals surface area (Å²) in [7, 11) is 0. The molecule has 9 nitrogen and oxygen atoms in total. The van der Waals surface area contributed by atoms with E-state index in [2.05, 4.69) is 36.1 Å². The molecule has 1 saturated heterocycles. The van der Waals surface area contributed by atoms with Crippen LogP contribution < -0.4 is 20.7 Å². The third-order valence-electron chi connectivity index (χ3n) is 5.96. The van der Waals surface area contributed by atoms with Crippen molar-refractivity contribution in [3.63, 3.8) is 0 Å². The third-order valence-corrected chi connectivity index (χ3v) is 5.96. The summed E-state index contributed by atoms with van der Waals surface area (Å²) in [6, 6.07) is 21.4. The molecule has 0 spiro atoms. The zero-order valence-corrected chi connectivity index (χ0v) is 19.7. The molecular weight excluding hydrogens is 452 g/mol. The molecular formula is C27H26N8O. The van der Waals surface area contributed by atoms with Crippen molar-refractivity contribution < 1.29 is 4.74 Å². The Hall–Kier alpha value is -4.55. The van der Waals surface area contributed by atoms with E-state index in [1.807, 2.05) is 66.7 Å². The van der Waals surface area contributed by atoms with Gasteiger partial charge >= 0.3 is 0 Å². The molecule has 2 aromatic heterocycles. The fourth-order valence-electron chi connectivity index (χ4n) is 4.03. The summed E-state index contributed by atoms with van der Waals surface area (Å²) in [6.07, 6.45) is 5.19. The number of aromatic nitrogens is 4.